The van der Waals surface area contributed by atoms with Crippen molar-refractivity contribution in [2.75, 3.05) is 13.1 Å². The molecule has 1 N–H and O–H groups in total. The maximum Gasteiger partial charge on any atom is 0.0162 e. The lowest BCUT2D eigenvalue weighted by Crippen LogP contribution is -2.27. The lowest BCUT2D eigenvalue weighted by atomic mass is 9.94. The van der Waals surface area contributed by atoms with Gasteiger partial charge in [-0.2, -0.15) is 0 Å². The molecule has 13 heavy (non-hydrogen) atoms. The molecule has 1 heteroatoms. The van der Waals surface area contributed by atoms with Gasteiger partial charge in [0, 0.05) is 19.0 Å². The zero-order chi connectivity index (χ0) is 9.10. The Balaban J connectivity index is 2.22. The predicted molar refractivity (Wildman–Crippen MR) is 55.8 cm³/mol. The van der Waals surface area contributed by atoms with Crippen LogP contribution in [0.5, 0.6) is 0 Å². The molecular weight excluding hydrogens is 158 g/mol. The average molecular weight is 173 g/mol. The Hall–Kier alpha value is -1.08. The number of nitrogens with one attached hydrogen (secondary N) is 1. The molecule has 0 bridgehead atoms. The largest absolute Gasteiger partial charge is 0.312 e. The van der Waals surface area contributed by atoms with Gasteiger partial charge in [0.15, 0.2) is 0 Å². The van der Waals surface area contributed by atoms with Crippen LogP contribution in [0, 0.1) is 0 Å². The molecule has 1 heterocycles. The van der Waals surface area contributed by atoms with E-state index < -0.39 is 0 Å². The van der Waals surface area contributed by atoms with Crippen LogP contribution in [-0.4, -0.2) is 13.1 Å². The molecule has 1 unspecified atom stereocenters. The smallest absolute Gasteiger partial charge is 0.0162 e. The maximum absolute atomic E-state index is 3.41. The summed E-state index contributed by atoms with van der Waals surface area (Å²) in [6.45, 7) is 4.30. The van der Waals surface area contributed by atoms with Crippen molar-refractivity contribution < 1.29 is 0 Å². The van der Waals surface area contributed by atoms with Crippen LogP contribution in [0.3, 0.4) is 0 Å². The molecule has 1 aromatic rings. The van der Waals surface area contributed by atoms with Crippen LogP contribution >= 0.6 is 0 Å². The van der Waals surface area contributed by atoms with Crippen LogP contribution in [0.2, 0.25) is 0 Å². The number of benzene rings is 1. The van der Waals surface area contributed by atoms with Crippen molar-refractivity contribution in [3.63, 3.8) is 0 Å². The predicted octanol–water partition coefficient (Wildman–Crippen LogP) is 2.32. The molecule has 0 spiro atoms. The summed E-state index contributed by atoms with van der Waals surface area (Å²) in [4.78, 5) is 0. The molecule has 0 amide bonds. The average Bonchev–Trinajstić information content (AvgIpc) is 2.19. The molecule has 0 fully saturated rings. The fourth-order valence-corrected chi connectivity index (χ4v) is 1.80. The molecule has 1 nitrogen and oxygen atoms in total. The molecule has 1 aliphatic rings. The Labute approximate surface area is 79.5 Å². The Morgan fingerprint density at radius 1 is 1.23 bits per heavy atom. The molecule has 0 saturated heterocycles. The monoisotopic (exact) mass is 173 g/mol. The van der Waals surface area contributed by atoms with E-state index in [1.807, 2.05) is 0 Å². The summed E-state index contributed by atoms with van der Waals surface area (Å²) in [5, 5.41) is 3.41. The Morgan fingerprint density at radius 2 is 2.00 bits per heavy atom. The van der Waals surface area contributed by atoms with Crippen molar-refractivity contribution in [3.8, 4) is 0 Å². The maximum atomic E-state index is 3.41. The molecule has 0 aliphatic carbocycles. The minimum atomic E-state index is 0.565. The second-order valence-corrected chi connectivity index (χ2v) is 3.66. The van der Waals surface area contributed by atoms with E-state index in [4.69, 9.17) is 0 Å². The third-order valence-corrected chi connectivity index (χ3v) is 2.48. The number of hydrogen-bond donors (Lipinski definition) is 1. The highest BCUT2D eigenvalue weighted by atomic mass is 14.9. The van der Waals surface area contributed by atoms with Gasteiger partial charge in [-0.05, 0) is 12.5 Å². The summed E-state index contributed by atoms with van der Waals surface area (Å²) in [5.74, 6) is 0.565. The quantitative estimate of drug-likeness (QED) is 0.643. The molecule has 1 aromatic carbocycles. The van der Waals surface area contributed by atoms with Crippen molar-refractivity contribution in [2.45, 2.75) is 12.8 Å². The molecule has 0 saturated carbocycles. The fourth-order valence-electron chi connectivity index (χ4n) is 1.80. The Bertz CT molecular complexity index is 300. The number of rotatable bonds is 1. The first-order valence-electron chi connectivity index (χ1n) is 4.79. The highest BCUT2D eigenvalue weighted by Gasteiger charge is 2.11. The lowest BCUT2D eigenvalue weighted by molar-refractivity contribution is 0.642. The number of hydrogen-bond acceptors (Lipinski definition) is 1. The molecule has 2 rings (SSSR count). The van der Waals surface area contributed by atoms with Gasteiger partial charge in [0.2, 0.25) is 0 Å². The molecular formula is C12H15N. The van der Waals surface area contributed by atoms with Gasteiger partial charge in [-0.3, -0.25) is 0 Å². The summed E-state index contributed by atoms with van der Waals surface area (Å²) in [6.07, 6.45) is 2.37. The van der Waals surface area contributed by atoms with Crippen molar-refractivity contribution in [1.29, 1.82) is 0 Å². The van der Waals surface area contributed by atoms with E-state index in [0.29, 0.717) is 5.92 Å². The van der Waals surface area contributed by atoms with Crippen molar-refractivity contribution in [3.05, 3.63) is 47.5 Å². The second kappa shape index (κ2) is 3.75. The van der Waals surface area contributed by atoms with Gasteiger partial charge in [-0.1, -0.05) is 42.0 Å². The van der Waals surface area contributed by atoms with E-state index in [-0.39, 0.29) is 0 Å². The molecule has 0 radical (unpaired) electrons. The summed E-state index contributed by atoms with van der Waals surface area (Å²) >= 11 is 0. The van der Waals surface area contributed by atoms with Gasteiger partial charge in [0.05, 0.1) is 0 Å². The Morgan fingerprint density at radius 3 is 2.69 bits per heavy atom. The van der Waals surface area contributed by atoms with Crippen LogP contribution in [-0.2, 0) is 0 Å². The summed E-state index contributed by atoms with van der Waals surface area (Å²) < 4.78 is 0. The summed E-state index contributed by atoms with van der Waals surface area (Å²) in [7, 11) is 0. The van der Waals surface area contributed by atoms with Gasteiger partial charge in [-0.25, -0.2) is 0 Å². The first-order valence-corrected chi connectivity index (χ1v) is 4.79. The van der Waals surface area contributed by atoms with E-state index in [1.165, 1.54) is 11.1 Å². The molecule has 68 valence electrons. The highest BCUT2D eigenvalue weighted by Crippen LogP contribution is 2.20. The molecule has 0 aromatic heterocycles. The normalized spacial score (nSPS) is 22.5. The van der Waals surface area contributed by atoms with Gasteiger partial charge >= 0.3 is 0 Å². The van der Waals surface area contributed by atoms with Crippen molar-refractivity contribution in [2.24, 2.45) is 0 Å². The van der Waals surface area contributed by atoms with E-state index in [9.17, 15) is 0 Å². The van der Waals surface area contributed by atoms with Gasteiger partial charge in [0.25, 0.3) is 0 Å². The van der Waals surface area contributed by atoms with E-state index >= 15 is 0 Å². The van der Waals surface area contributed by atoms with E-state index in [0.717, 1.165) is 13.1 Å². The van der Waals surface area contributed by atoms with Gasteiger partial charge in [-0.15, -0.1) is 0 Å². The van der Waals surface area contributed by atoms with Crippen LogP contribution < -0.4 is 5.32 Å². The zero-order valence-electron chi connectivity index (χ0n) is 7.96. The Kier molecular flexibility index (Phi) is 2.46. The van der Waals surface area contributed by atoms with Crippen molar-refractivity contribution in [1.82, 2.24) is 5.32 Å². The van der Waals surface area contributed by atoms with Crippen LogP contribution in [0.1, 0.15) is 18.4 Å². The van der Waals surface area contributed by atoms with Gasteiger partial charge in [0.1, 0.15) is 0 Å². The van der Waals surface area contributed by atoms with E-state index in [1.54, 1.807) is 0 Å². The summed E-state index contributed by atoms with van der Waals surface area (Å²) in [5.41, 5.74) is 2.86. The third-order valence-electron chi connectivity index (χ3n) is 2.48. The minimum Gasteiger partial charge on any atom is -0.312 e. The lowest BCUT2D eigenvalue weighted by Gasteiger charge is -2.20. The summed E-state index contributed by atoms with van der Waals surface area (Å²) in [6, 6.07) is 10.7. The fraction of sp³-hybridized carbons (Fsp3) is 0.333. The minimum absolute atomic E-state index is 0.565. The topological polar surface area (TPSA) is 12.0 Å². The van der Waals surface area contributed by atoms with Crippen LogP contribution in [0.15, 0.2) is 42.0 Å². The first-order chi connectivity index (χ1) is 6.36. The standard InChI is InChI=1S/C12H15N/c1-10-7-12(9-13-8-10)11-5-3-2-4-6-11/h2-7,12-13H,8-9H2,1H3. The molecule has 1 aliphatic heterocycles. The van der Waals surface area contributed by atoms with E-state index in [2.05, 4.69) is 48.6 Å². The zero-order valence-corrected chi connectivity index (χ0v) is 7.96. The highest BCUT2D eigenvalue weighted by molar-refractivity contribution is 5.27. The first kappa shape index (κ1) is 8.52. The SMILES string of the molecule is CC1=CC(c2ccccc2)CNC1. The second-order valence-electron chi connectivity index (χ2n) is 3.66. The van der Waals surface area contributed by atoms with Crippen LogP contribution in [0.4, 0.5) is 0 Å². The van der Waals surface area contributed by atoms with Crippen LogP contribution in [0.25, 0.3) is 0 Å². The molecule has 1 atom stereocenters. The van der Waals surface area contributed by atoms with Crippen molar-refractivity contribution >= 4 is 0 Å². The third kappa shape index (κ3) is 1.99. The van der Waals surface area contributed by atoms with Gasteiger partial charge < -0.3 is 5.32 Å².